The lowest BCUT2D eigenvalue weighted by molar-refractivity contribution is -0.189. The molecule has 2 atom stereocenters. The van der Waals surface area contributed by atoms with Crippen molar-refractivity contribution < 1.29 is 22.7 Å². The molecule has 1 fully saturated rings. The smallest absolute Gasteiger partial charge is 0.375 e. The molecule has 1 aliphatic rings. The molecule has 0 aliphatic heterocycles. The van der Waals surface area contributed by atoms with Crippen LogP contribution >= 0.6 is 0 Å². The van der Waals surface area contributed by atoms with E-state index in [1.54, 1.807) is 13.8 Å². The minimum absolute atomic E-state index is 0.133. The van der Waals surface area contributed by atoms with Crippen molar-refractivity contribution in [3.8, 4) is 0 Å². The summed E-state index contributed by atoms with van der Waals surface area (Å²) in [5.41, 5.74) is 0. The molecule has 0 heterocycles. The van der Waals surface area contributed by atoms with E-state index in [1.807, 2.05) is 0 Å². The van der Waals surface area contributed by atoms with Gasteiger partial charge in [-0.25, -0.2) is 0 Å². The average Bonchev–Trinajstić information content (AvgIpc) is 2.27. The summed E-state index contributed by atoms with van der Waals surface area (Å²) in [6, 6.07) is 0. The Morgan fingerprint density at radius 1 is 1.18 bits per heavy atom. The number of halogens is 3. The van der Waals surface area contributed by atoms with Gasteiger partial charge in [0.2, 0.25) is 0 Å². The largest absolute Gasteiger partial charge is 0.391 e. The summed E-state index contributed by atoms with van der Waals surface area (Å²) in [5.74, 6) is -1.39. The summed E-state index contributed by atoms with van der Waals surface area (Å²) in [4.78, 5) is 10.5. The van der Waals surface area contributed by atoms with Crippen molar-refractivity contribution in [2.45, 2.75) is 57.9 Å². The van der Waals surface area contributed by atoms with Gasteiger partial charge in [-0.3, -0.25) is 0 Å². The summed E-state index contributed by atoms with van der Waals surface area (Å²) in [5, 5.41) is 0. The Morgan fingerprint density at radius 3 is 2.12 bits per heavy atom. The Bertz CT molecular complexity index is 245. The molecule has 2 nitrogen and oxygen atoms in total. The molecule has 0 aromatic carbocycles. The molecule has 17 heavy (non-hydrogen) atoms. The van der Waals surface area contributed by atoms with Crippen LogP contribution in [0.2, 0.25) is 0 Å². The van der Waals surface area contributed by atoms with Gasteiger partial charge in [0, 0.05) is 5.92 Å². The van der Waals surface area contributed by atoms with Gasteiger partial charge in [0.25, 0.3) is 0 Å². The number of hydrogen-bond acceptors (Lipinski definition) is 2. The van der Waals surface area contributed by atoms with Gasteiger partial charge < -0.3 is 9.53 Å². The fourth-order valence-electron chi connectivity index (χ4n) is 2.06. The van der Waals surface area contributed by atoms with Crippen LogP contribution in [0, 0.1) is 11.8 Å². The molecule has 0 spiro atoms. The third-order valence-corrected chi connectivity index (χ3v) is 3.50. The van der Waals surface area contributed by atoms with Crippen LogP contribution in [0.15, 0.2) is 0 Å². The van der Waals surface area contributed by atoms with Crippen molar-refractivity contribution in [1.29, 1.82) is 0 Å². The normalized spacial score (nSPS) is 29.7. The molecule has 5 heteroatoms. The van der Waals surface area contributed by atoms with E-state index >= 15 is 0 Å². The van der Waals surface area contributed by atoms with Crippen LogP contribution in [0.1, 0.15) is 39.5 Å². The van der Waals surface area contributed by atoms with Crippen molar-refractivity contribution in [2.75, 3.05) is 0 Å². The molecule has 0 bridgehead atoms. The van der Waals surface area contributed by atoms with Crippen molar-refractivity contribution in [3.05, 3.63) is 0 Å². The first-order chi connectivity index (χ1) is 7.84. The SMILES string of the molecule is C[C@H](O[C@H]1CC[C@@H](C(F)(F)F)CC1)[C@@H](C)C=O. The predicted molar refractivity (Wildman–Crippen MR) is 57.6 cm³/mol. The highest BCUT2D eigenvalue weighted by atomic mass is 19.4. The average molecular weight is 252 g/mol. The Labute approximate surface area is 99.5 Å². The molecule has 0 amide bonds. The maximum atomic E-state index is 12.4. The van der Waals surface area contributed by atoms with Crippen molar-refractivity contribution in [1.82, 2.24) is 0 Å². The molecule has 0 aromatic rings. The molecule has 0 saturated heterocycles. The van der Waals surface area contributed by atoms with Crippen LogP contribution in [-0.4, -0.2) is 24.7 Å². The fourth-order valence-corrected chi connectivity index (χ4v) is 2.06. The number of ether oxygens (including phenoxy) is 1. The maximum Gasteiger partial charge on any atom is 0.391 e. The molecule has 1 aliphatic carbocycles. The van der Waals surface area contributed by atoms with Gasteiger partial charge in [0.15, 0.2) is 0 Å². The number of alkyl halides is 3. The van der Waals surface area contributed by atoms with E-state index in [1.165, 1.54) is 0 Å². The standard InChI is InChI=1S/C12H19F3O2/c1-8(7-16)9(2)17-11-5-3-10(4-6-11)12(13,14)15/h7-11H,3-6H2,1-2H3/t8-,9-,10-,11+/m0/s1. The zero-order valence-corrected chi connectivity index (χ0v) is 10.2. The second-order valence-electron chi connectivity index (χ2n) is 4.85. The number of carbonyl (C=O) groups is 1. The zero-order valence-electron chi connectivity index (χ0n) is 10.2. The van der Waals surface area contributed by atoms with E-state index in [-0.39, 0.29) is 31.0 Å². The third-order valence-electron chi connectivity index (χ3n) is 3.50. The van der Waals surface area contributed by atoms with Gasteiger partial charge in [0.1, 0.15) is 6.29 Å². The number of carbonyl (C=O) groups excluding carboxylic acids is 1. The van der Waals surface area contributed by atoms with Crippen LogP contribution in [0.25, 0.3) is 0 Å². The molecule has 0 unspecified atom stereocenters. The predicted octanol–water partition coefficient (Wildman–Crippen LogP) is 3.35. The quantitative estimate of drug-likeness (QED) is 0.717. The van der Waals surface area contributed by atoms with E-state index in [0.29, 0.717) is 12.8 Å². The first-order valence-corrected chi connectivity index (χ1v) is 6.02. The van der Waals surface area contributed by atoms with Gasteiger partial charge in [0.05, 0.1) is 18.1 Å². The Morgan fingerprint density at radius 2 is 1.71 bits per heavy atom. The number of rotatable bonds is 4. The first kappa shape index (κ1) is 14.5. The van der Waals surface area contributed by atoms with Gasteiger partial charge in [-0.2, -0.15) is 13.2 Å². The topological polar surface area (TPSA) is 26.3 Å². The highest BCUT2D eigenvalue weighted by Crippen LogP contribution is 2.38. The Hall–Kier alpha value is -0.580. The first-order valence-electron chi connectivity index (χ1n) is 6.02. The molecular formula is C12H19F3O2. The summed E-state index contributed by atoms with van der Waals surface area (Å²) >= 11 is 0. The second-order valence-corrected chi connectivity index (χ2v) is 4.85. The molecular weight excluding hydrogens is 233 g/mol. The lowest BCUT2D eigenvalue weighted by Crippen LogP contribution is -2.33. The lowest BCUT2D eigenvalue weighted by Gasteiger charge is -2.32. The summed E-state index contributed by atoms with van der Waals surface area (Å²) in [6.07, 6.45) is -2.49. The molecule has 0 aromatic heterocycles. The van der Waals surface area contributed by atoms with E-state index < -0.39 is 12.1 Å². The van der Waals surface area contributed by atoms with Gasteiger partial charge in [-0.15, -0.1) is 0 Å². The van der Waals surface area contributed by atoms with Crippen LogP contribution in [0.4, 0.5) is 13.2 Å². The molecule has 0 radical (unpaired) electrons. The van der Waals surface area contributed by atoms with Crippen molar-refractivity contribution in [2.24, 2.45) is 11.8 Å². The van der Waals surface area contributed by atoms with Crippen LogP contribution in [0.5, 0.6) is 0 Å². The van der Waals surface area contributed by atoms with Crippen LogP contribution in [-0.2, 0) is 9.53 Å². The van der Waals surface area contributed by atoms with Crippen molar-refractivity contribution in [3.63, 3.8) is 0 Å². The van der Waals surface area contributed by atoms with E-state index in [9.17, 15) is 18.0 Å². The number of hydrogen-bond donors (Lipinski definition) is 0. The Balaban J connectivity index is 2.35. The summed E-state index contributed by atoms with van der Waals surface area (Å²) < 4.78 is 42.9. The van der Waals surface area contributed by atoms with E-state index in [4.69, 9.17) is 4.74 Å². The van der Waals surface area contributed by atoms with Gasteiger partial charge in [-0.1, -0.05) is 6.92 Å². The summed E-state index contributed by atoms with van der Waals surface area (Å²) in [6.45, 7) is 3.54. The van der Waals surface area contributed by atoms with Crippen molar-refractivity contribution >= 4 is 6.29 Å². The maximum absolute atomic E-state index is 12.4. The highest BCUT2D eigenvalue weighted by Gasteiger charge is 2.41. The minimum atomic E-state index is -4.08. The molecule has 0 N–H and O–H groups in total. The zero-order chi connectivity index (χ0) is 13.1. The second kappa shape index (κ2) is 5.85. The number of aldehydes is 1. The van der Waals surface area contributed by atoms with Gasteiger partial charge in [-0.05, 0) is 32.6 Å². The van der Waals surface area contributed by atoms with Gasteiger partial charge >= 0.3 is 6.18 Å². The monoisotopic (exact) mass is 252 g/mol. The van der Waals surface area contributed by atoms with Crippen LogP contribution in [0.3, 0.4) is 0 Å². The van der Waals surface area contributed by atoms with E-state index in [2.05, 4.69) is 0 Å². The highest BCUT2D eigenvalue weighted by molar-refractivity contribution is 5.53. The van der Waals surface area contributed by atoms with E-state index in [0.717, 1.165) is 6.29 Å². The van der Waals surface area contributed by atoms with Crippen LogP contribution < -0.4 is 0 Å². The lowest BCUT2D eigenvalue weighted by atomic mass is 9.87. The molecule has 1 saturated carbocycles. The third kappa shape index (κ3) is 4.30. The molecule has 1 rings (SSSR count). The fraction of sp³-hybridized carbons (Fsp3) is 0.917. The Kier molecular flexibility index (Phi) is 4.98. The summed E-state index contributed by atoms with van der Waals surface area (Å²) in [7, 11) is 0. The minimum Gasteiger partial charge on any atom is -0.375 e. The molecule has 100 valence electrons.